The van der Waals surface area contributed by atoms with Crippen molar-refractivity contribution >= 4 is 5.91 Å². The highest BCUT2D eigenvalue weighted by Crippen LogP contribution is 2.23. The Kier molecular flexibility index (Phi) is 3.56. The van der Waals surface area contributed by atoms with Gasteiger partial charge in [0.1, 0.15) is 5.76 Å². The second kappa shape index (κ2) is 4.51. The van der Waals surface area contributed by atoms with Gasteiger partial charge in [0, 0.05) is 19.0 Å². The van der Waals surface area contributed by atoms with Crippen LogP contribution in [0.1, 0.15) is 34.1 Å². The molecule has 3 heteroatoms. The summed E-state index contributed by atoms with van der Waals surface area (Å²) >= 11 is 0. The molecule has 1 amide bonds. The number of hydrogen-bond acceptors (Lipinski definition) is 2. The van der Waals surface area contributed by atoms with Gasteiger partial charge in [-0.05, 0) is 27.7 Å². The van der Waals surface area contributed by atoms with Gasteiger partial charge >= 0.3 is 0 Å². The summed E-state index contributed by atoms with van der Waals surface area (Å²) in [6, 6.07) is 0.249. The molecule has 1 rings (SSSR count). The summed E-state index contributed by atoms with van der Waals surface area (Å²) in [6.45, 7) is 12.1. The Bertz CT molecular complexity index is 316. The van der Waals surface area contributed by atoms with E-state index in [-0.39, 0.29) is 11.9 Å². The number of ether oxygens (including phenoxy) is 1. The lowest BCUT2D eigenvalue weighted by Gasteiger charge is -2.32. The van der Waals surface area contributed by atoms with Gasteiger partial charge in [-0.15, -0.1) is 0 Å². The van der Waals surface area contributed by atoms with Gasteiger partial charge in [-0.25, -0.2) is 0 Å². The standard InChI is InChI=1S/C12H19NO2/c1-8(2)13-7-6-11(15-9(3)4)10(5)12(13)14/h8H,3,6-7H2,1-2,4-5H3. The molecule has 0 saturated carbocycles. The van der Waals surface area contributed by atoms with Crippen molar-refractivity contribution in [2.24, 2.45) is 0 Å². The summed E-state index contributed by atoms with van der Waals surface area (Å²) in [5.41, 5.74) is 0.706. The SMILES string of the molecule is C=C(C)OC1=C(C)C(=O)N(C(C)C)CC1. The molecule has 0 spiro atoms. The number of carbonyl (C=O) groups excluding carboxylic acids is 1. The zero-order valence-electron chi connectivity index (χ0n) is 9.96. The van der Waals surface area contributed by atoms with Gasteiger partial charge in [0.25, 0.3) is 5.91 Å². The molecule has 1 heterocycles. The van der Waals surface area contributed by atoms with E-state index in [9.17, 15) is 4.79 Å². The van der Waals surface area contributed by atoms with E-state index in [0.29, 0.717) is 11.3 Å². The lowest BCUT2D eigenvalue weighted by atomic mass is 10.1. The molecule has 0 aromatic carbocycles. The van der Waals surface area contributed by atoms with Crippen molar-refractivity contribution in [1.82, 2.24) is 4.90 Å². The average Bonchev–Trinajstić information content (AvgIpc) is 2.12. The summed E-state index contributed by atoms with van der Waals surface area (Å²) < 4.78 is 5.44. The fourth-order valence-electron chi connectivity index (χ4n) is 1.68. The lowest BCUT2D eigenvalue weighted by Crippen LogP contribution is -2.41. The Labute approximate surface area is 91.4 Å². The Morgan fingerprint density at radius 2 is 2.13 bits per heavy atom. The largest absolute Gasteiger partial charge is 0.466 e. The minimum Gasteiger partial charge on any atom is -0.466 e. The van der Waals surface area contributed by atoms with E-state index in [0.717, 1.165) is 18.7 Å². The van der Waals surface area contributed by atoms with Crippen LogP contribution in [0.25, 0.3) is 0 Å². The lowest BCUT2D eigenvalue weighted by molar-refractivity contribution is -0.130. The van der Waals surface area contributed by atoms with E-state index in [1.165, 1.54) is 0 Å². The monoisotopic (exact) mass is 209 g/mol. The molecule has 0 aromatic rings. The van der Waals surface area contributed by atoms with Crippen molar-refractivity contribution in [3.05, 3.63) is 23.7 Å². The van der Waals surface area contributed by atoms with Gasteiger partial charge in [-0.3, -0.25) is 4.79 Å². The smallest absolute Gasteiger partial charge is 0.253 e. The molecule has 3 nitrogen and oxygen atoms in total. The number of allylic oxidation sites excluding steroid dienone is 1. The highest BCUT2D eigenvalue weighted by atomic mass is 16.5. The number of nitrogens with zero attached hydrogens (tertiary/aromatic N) is 1. The number of hydrogen-bond donors (Lipinski definition) is 0. The van der Waals surface area contributed by atoms with Crippen LogP contribution in [0.5, 0.6) is 0 Å². The van der Waals surface area contributed by atoms with Crippen molar-refractivity contribution in [2.45, 2.75) is 40.2 Å². The third kappa shape index (κ3) is 2.61. The van der Waals surface area contributed by atoms with Crippen molar-refractivity contribution in [2.75, 3.05) is 6.54 Å². The average molecular weight is 209 g/mol. The first kappa shape index (κ1) is 11.8. The normalized spacial score (nSPS) is 17.4. The van der Waals surface area contributed by atoms with Crippen LogP contribution < -0.4 is 0 Å². The number of carbonyl (C=O) groups is 1. The quantitative estimate of drug-likeness (QED) is 0.668. The van der Waals surface area contributed by atoms with E-state index < -0.39 is 0 Å². The second-order valence-corrected chi connectivity index (χ2v) is 4.19. The summed E-state index contributed by atoms with van der Waals surface area (Å²) in [7, 11) is 0. The highest BCUT2D eigenvalue weighted by molar-refractivity contribution is 5.94. The van der Waals surface area contributed by atoms with Crippen LogP contribution in [0.15, 0.2) is 23.7 Å². The summed E-state index contributed by atoms with van der Waals surface area (Å²) in [4.78, 5) is 13.8. The zero-order valence-corrected chi connectivity index (χ0v) is 9.96. The van der Waals surface area contributed by atoms with Crippen LogP contribution in [0.3, 0.4) is 0 Å². The van der Waals surface area contributed by atoms with E-state index in [1.807, 2.05) is 25.7 Å². The fraction of sp³-hybridized carbons (Fsp3) is 0.583. The molecule has 15 heavy (non-hydrogen) atoms. The summed E-state index contributed by atoms with van der Waals surface area (Å²) in [5, 5.41) is 0. The van der Waals surface area contributed by atoms with Crippen LogP contribution in [0, 0.1) is 0 Å². The first-order valence-corrected chi connectivity index (χ1v) is 5.27. The fourth-order valence-corrected chi connectivity index (χ4v) is 1.68. The predicted molar refractivity (Wildman–Crippen MR) is 60.1 cm³/mol. The third-order valence-electron chi connectivity index (χ3n) is 2.50. The molecule has 1 aliphatic heterocycles. The summed E-state index contributed by atoms with van der Waals surface area (Å²) in [6.07, 6.45) is 0.780. The van der Waals surface area contributed by atoms with Crippen LogP contribution >= 0.6 is 0 Å². The van der Waals surface area contributed by atoms with Crippen molar-refractivity contribution in [3.8, 4) is 0 Å². The molecule has 0 radical (unpaired) electrons. The van der Waals surface area contributed by atoms with Crippen LogP contribution in [0.4, 0.5) is 0 Å². The van der Waals surface area contributed by atoms with Gasteiger partial charge in [0.15, 0.2) is 0 Å². The molecule has 0 atom stereocenters. The molecule has 0 aromatic heterocycles. The van der Waals surface area contributed by atoms with E-state index in [4.69, 9.17) is 4.74 Å². The minimum absolute atomic E-state index is 0.0764. The molecule has 0 aliphatic carbocycles. The first-order chi connectivity index (χ1) is 6.93. The van der Waals surface area contributed by atoms with Gasteiger partial charge < -0.3 is 9.64 Å². The van der Waals surface area contributed by atoms with Crippen LogP contribution in [0.2, 0.25) is 0 Å². The maximum Gasteiger partial charge on any atom is 0.253 e. The maximum absolute atomic E-state index is 11.9. The maximum atomic E-state index is 11.9. The predicted octanol–water partition coefficient (Wildman–Crippen LogP) is 2.45. The van der Waals surface area contributed by atoms with E-state index >= 15 is 0 Å². The molecular weight excluding hydrogens is 190 g/mol. The Hall–Kier alpha value is -1.25. The molecular formula is C12H19NO2. The van der Waals surface area contributed by atoms with Gasteiger partial charge in [-0.2, -0.15) is 0 Å². The topological polar surface area (TPSA) is 29.5 Å². The first-order valence-electron chi connectivity index (χ1n) is 5.27. The van der Waals surface area contributed by atoms with Crippen molar-refractivity contribution in [1.29, 1.82) is 0 Å². The minimum atomic E-state index is 0.0764. The van der Waals surface area contributed by atoms with Crippen molar-refractivity contribution in [3.63, 3.8) is 0 Å². The summed E-state index contributed by atoms with van der Waals surface area (Å²) in [5.74, 6) is 1.48. The number of amides is 1. The van der Waals surface area contributed by atoms with Crippen molar-refractivity contribution < 1.29 is 9.53 Å². The Balaban J connectivity index is 2.85. The second-order valence-electron chi connectivity index (χ2n) is 4.19. The van der Waals surface area contributed by atoms with Crippen LogP contribution in [-0.4, -0.2) is 23.4 Å². The molecule has 0 saturated heterocycles. The molecule has 0 bridgehead atoms. The molecule has 0 fully saturated rings. The van der Waals surface area contributed by atoms with Gasteiger partial charge in [0.05, 0.1) is 11.3 Å². The molecule has 84 valence electrons. The third-order valence-corrected chi connectivity index (χ3v) is 2.50. The van der Waals surface area contributed by atoms with E-state index in [1.54, 1.807) is 6.92 Å². The van der Waals surface area contributed by atoms with E-state index in [2.05, 4.69) is 6.58 Å². The molecule has 0 unspecified atom stereocenters. The van der Waals surface area contributed by atoms with Crippen LogP contribution in [-0.2, 0) is 9.53 Å². The molecule has 0 N–H and O–H groups in total. The van der Waals surface area contributed by atoms with Gasteiger partial charge in [0.2, 0.25) is 0 Å². The Morgan fingerprint density at radius 1 is 1.53 bits per heavy atom. The zero-order chi connectivity index (χ0) is 11.6. The highest BCUT2D eigenvalue weighted by Gasteiger charge is 2.26. The number of rotatable bonds is 3. The molecule has 1 aliphatic rings. The Morgan fingerprint density at radius 3 is 2.60 bits per heavy atom. The van der Waals surface area contributed by atoms with Gasteiger partial charge in [-0.1, -0.05) is 6.58 Å².